The van der Waals surface area contributed by atoms with Crippen molar-refractivity contribution in [3.63, 3.8) is 0 Å². The van der Waals surface area contributed by atoms with Gasteiger partial charge in [0.1, 0.15) is 5.75 Å². The normalized spacial score (nSPS) is 15.0. The van der Waals surface area contributed by atoms with E-state index in [4.69, 9.17) is 14.6 Å². The van der Waals surface area contributed by atoms with Crippen LogP contribution in [0.25, 0.3) is 5.69 Å². The molecule has 198 valence electrons. The number of morpholine rings is 1. The van der Waals surface area contributed by atoms with E-state index in [1.165, 1.54) is 5.56 Å². The number of aliphatic hydroxyl groups is 1. The predicted molar refractivity (Wildman–Crippen MR) is 149 cm³/mol. The second kappa shape index (κ2) is 12.8. The van der Waals surface area contributed by atoms with Crippen LogP contribution in [0.4, 0.5) is 0 Å². The van der Waals surface area contributed by atoms with Gasteiger partial charge in [-0.05, 0) is 36.8 Å². The monoisotopic (exact) mass is 512 g/mol. The largest absolute Gasteiger partial charge is 0.439 e. The Morgan fingerprint density at radius 3 is 2.21 bits per heavy atom. The van der Waals surface area contributed by atoms with Crippen molar-refractivity contribution in [3.05, 3.63) is 108 Å². The second-order valence-electron chi connectivity index (χ2n) is 9.75. The number of aromatic nitrogens is 2. The summed E-state index contributed by atoms with van der Waals surface area (Å²) in [5.74, 6) is 1.45. The maximum absolute atomic E-state index is 11.1. The zero-order chi connectivity index (χ0) is 26.2. The van der Waals surface area contributed by atoms with E-state index < -0.39 is 6.10 Å². The fourth-order valence-electron chi connectivity index (χ4n) is 4.86. The zero-order valence-corrected chi connectivity index (χ0v) is 21.9. The van der Waals surface area contributed by atoms with Crippen LogP contribution in [0.5, 0.6) is 11.6 Å². The van der Waals surface area contributed by atoms with Gasteiger partial charge in [0, 0.05) is 39.3 Å². The van der Waals surface area contributed by atoms with Crippen molar-refractivity contribution in [2.45, 2.75) is 26.1 Å². The summed E-state index contributed by atoms with van der Waals surface area (Å²) in [5, 5.41) is 16.0. The molecule has 4 aromatic rings. The molecular weight excluding hydrogens is 476 g/mol. The lowest BCUT2D eigenvalue weighted by Gasteiger charge is -2.31. The van der Waals surface area contributed by atoms with Crippen molar-refractivity contribution in [3.8, 4) is 17.3 Å². The highest BCUT2D eigenvalue weighted by atomic mass is 16.5. The second-order valence-corrected chi connectivity index (χ2v) is 9.75. The first-order valence-electron chi connectivity index (χ1n) is 13.3. The third-order valence-corrected chi connectivity index (χ3v) is 6.77. The molecular formula is C31H36N4O3. The minimum atomic E-state index is -0.486. The van der Waals surface area contributed by atoms with Crippen LogP contribution in [0.1, 0.15) is 16.8 Å². The summed E-state index contributed by atoms with van der Waals surface area (Å²) < 4.78 is 13.8. The molecule has 1 aliphatic rings. The molecule has 0 saturated carbocycles. The molecule has 7 heteroatoms. The number of hydrogen-bond acceptors (Lipinski definition) is 6. The van der Waals surface area contributed by atoms with Gasteiger partial charge in [0.05, 0.1) is 36.3 Å². The summed E-state index contributed by atoms with van der Waals surface area (Å²) in [6, 6.07) is 30.3. The van der Waals surface area contributed by atoms with Gasteiger partial charge in [-0.25, -0.2) is 4.68 Å². The smallest absolute Gasteiger partial charge is 0.227 e. The van der Waals surface area contributed by atoms with E-state index in [1.54, 1.807) is 0 Å². The third-order valence-electron chi connectivity index (χ3n) is 6.77. The van der Waals surface area contributed by atoms with Crippen LogP contribution in [0.2, 0.25) is 0 Å². The predicted octanol–water partition coefficient (Wildman–Crippen LogP) is 4.67. The van der Waals surface area contributed by atoms with Crippen molar-refractivity contribution in [2.75, 3.05) is 39.4 Å². The molecule has 3 aromatic carbocycles. The molecule has 1 aromatic heterocycles. The van der Waals surface area contributed by atoms with Crippen molar-refractivity contribution >= 4 is 0 Å². The van der Waals surface area contributed by atoms with E-state index in [-0.39, 0.29) is 0 Å². The van der Waals surface area contributed by atoms with Crippen molar-refractivity contribution in [1.29, 1.82) is 0 Å². The molecule has 1 fully saturated rings. The lowest BCUT2D eigenvalue weighted by atomic mass is 10.1. The fraction of sp³-hybridized carbons (Fsp3) is 0.323. The zero-order valence-electron chi connectivity index (χ0n) is 21.9. The minimum absolute atomic E-state index is 0.486. The Hall–Kier alpha value is -3.49. The molecule has 0 bridgehead atoms. The number of para-hydroxylation sites is 2. The van der Waals surface area contributed by atoms with Crippen molar-refractivity contribution < 1.29 is 14.6 Å². The quantitative estimate of drug-likeness (QED) is 0.315. The molecule has 2 heterocycles. The molecule has 5 rings (SSSR count). The average molecular weight is 513 g/mol. The lowest BCUT2D eigenvalue weighted by Crippen LogP contribution is -2.44. The standard InChI is InChI=1S/C31H36N4O3/c1-25-30(31(38-29-15-9-4-10-16-29)35(32-25)27-13-7-3-8-14-27)24-34(21-26-11-5-2-6-12-26)23-28(36)22-33-17-19-37-20-18-33/h2-16,28,36H,17-24H2,1H3/t28-/m1/s1. The number of aliphatic hydroxyl groups excluding tert-OH is 1. The summed E-state index contributed by atoms with van der Waals surface area (Å²) >= 11 is 0. The molecule has 7 nitrogen and oxygen atoms in total. The number of rotatable bonds is 11. The average Bonchev–Trinajstić information content (AvgIpc) is 3.25. The summed E-state index contributed by atoms with van der Waals surface area (Å²) in [6.45, 7) is 7.64. The highest BCUT2D eigenvalue weighted by Gasteiger charge is 2.24. The molecule has 0 radical (unpaired) electrons. The van der Waals surface area contributed by atoms with Crippen LogP contribution in [-0.2, 0) is 17.8 Å². The summed E-state index contributed by atoms with van der Waals surface area (Å²) in [4.78, 5) is 4.56. The maximum atomic E-state index is 11.1. The Morgan fingerprint density at radius 2 is 1.53 bits per heavy atom. The van der Waals surface area contributed by atoms with Gasteiger partial charge >= 0.3 is 0 Å². The molecule has 0 aliphatic carbocycles. The first-order chi connectivity index (χ1) is 18.7. The van der Waals surface area contributed by atoms with Crippen molar-refractivity contribution in [1.82, 2.24) is 19.6 Å². The van der Waals surface area contributed by atoms with Crippen LogP contribution in [0.15, 0.2) is 91.0 Å². The number of nitrogens with zero attached hydrogens (tertiary/aromatic N) is 4. The van der Waals surface area contributed by atoms with E-state index in [9.17, 15) is 5.11 Å². The molecule has 1 aliphatic heterocycles. The maximum Gasteiger partial charge on any atom is 0.227 e. The van der Waals surface area contributed by atoms with Crippen LogP contribution in [0.3, 0.4) is 0 Å². The highest BCUT2D eigenvalue weighted by Crippen LogP contribution is 2.32. The summed E-state index contributed by atoms with van der Waals surface area (Å²) in [7, 11) is 0. The van der Waals surface area contributed by atoms with Gasteiger partial charge in [0.25, 0.3) is 0 Å². The van der Waals surface area contributed by atoms with Gasteiger partial charge < -0.3 is 14.6 Å². The lowest BCUT2D eigenvalue weighted by molar-refractivity contribution is 0.00550. The Balaban J connectivity index is 1.44. The third kappa shape index (κ3) is 6.88. The van der Waals surface area contributed by atoms with Gasteiger partial charge in [-0.15, -0.1) is 0 Å². The molecule has 1 saturated heterocycles. The van der Waals surface area contributed by atoms with Crippen LogP contribution in [-0.4, -0.2) is 70.2 Å². The Kier molecular flexibility index (Phi) is 8.83. The highest BCUT2D eigenvalue weighted by molar-refractivity contribution is 5.43. The molecule has 38 heavy (non-hydrogen) atoms. The Labute approximate surface area is 224 Å². The van der Waals surface area contributed by atoms with Crippen molar-refractivity contribution in [2.24, 2.45) is 0 Å². The number of aryl methyl sites for hydroxylation is 1. The Bertz CT molecular complexity index is 1260. The molecule has 0 amide bonds. The van der Waals surface area contributed by atoms with E-state index in [0.717, 1.165) is 49.0 Å². The Morgan fingerprint density at radius 1 is 0.895 bits per heavy atom. The van der Waals surface area contributed by atoms with Crippen LogP contribution in [0, 0.1) is 6.92 Å². The van der Waals surface area contributed by atoms with Crippen LogP contribution >= 0.6 is 0 Å². The van der Waals surface area contributed by atoms with Gasteiger partial charge in [-0.1, -0.05) is 66.7 Å². The topological polar surface area (TPSA) is 63.0 Å². The molecule has 1 N–H and O–H groups in total. The fourth-order valence-corrected chi connectivity index (χ4v) is 4.86. The van der Waals surface area contributed by atoms with Gasteiger partial charge in [0.2, 0.25) is 5.88 Å². The number of benzene rings is 3. The van der Waals surface area contributed by atoms with E-state index >= 15 is 0 Å². The molecule has 1 atom stereocenters. The SMILES string of the molecule is Cc1nn(-c2ccccc2)c(Oc2ccccc2)c1CN(Cc1ccccc1)C[C@H](O)CN1CCOCC1. The molecule has 0 unspecified atom stereocenters. The number of ether oxygens (including phenoxy) is 2. The van der Waals surface area contributed by atoms with Gasteiger partial charge in [0.15, 0.2) is 0 Å². The van der Waals surface area contributed by atoms with Gasteiger partial charge in [-0.2, -0.15) is 5.10 Å². The van der Waals surface area contributed by atoms with E-state index in [0.29, 0.717) is 32.1 Å². The minimum Gasteiger partial charge on any atom is -0.439 e. The number of β-amino-alcohol motifs (C(OH)–C–C–N with tert-alkyl or cyclic N) is 1. The summed E-state index contributed by atoms with van der Waals surface area (Å²) in [5.41, 5.74) is 4.05. The molecule has 0 spiro atoms. The number of hydrogen-bond donors (Lipinski definition) is 1. The first-order valence-corrected chi connectivity index (χ1v) is 13.3. The van der Waals surface area contributed by atoms with E-state index in [1.807, 2.05) is 78.3 Å². The van der Waals surface area contributed by atoms with E-state index in [2.05, 4.69) is 34.1 Å². The summed E-state index contributed by atoms with van der Waals surface area (Å²) in [6.07, 6.45) is -0.486. The first kappa shape index (κ1) is 26.1. The van der Waals surface area contributed by atoms with Gasteiger partial charge in [-0.3, -0.25) is 9.80 Å². The van der Waals surface area contributed by atoms with Crippen LogP contribution < -0.4 is 4.74 Å².